The summed E-state index contributed by atoms with van der Waals surface area (Å²) in [6.45, 7) is 6.92. The quantitative estimate of drug-likeness (QED) is 0.921. The van der Waals surface area contributed by atoms with Crippen LogP contribution in [0.3, 0.4) is 0 Å². The van der Waals surface area contributed by atoms with E-state index in [2.05, 4.69) is 32.2 Å². The summed E-state index contributed by atoms with van der Waals surface area (Å²) >= 11 is 1.66. The van der Waals surface area contributed by atoms with Crippen LogP contribution in [0.4, 0.5) is 0 Å². The number of benzene rings is 1. The highest BCUT2D eigenvalue weighted by molar-refractivity contribution is 8.01. The molecule has 1 heterocycles. The predicted octanol–water partition coefficient (Wildman–Crippen LogP) is 2.64. The zero-order valence-corrected chi connectivity index (χ0v) is 12.5. The second-order valence-corrected chi connectivity index (χ2v) is 7.56. The molecule has 1 amide bonds. The minimum atomic E-state index is 0.0704. The molecule has 1 N–H and O–H groups in total. The lowest BCUT2D eigenvalue weighted by atomic mass is 10.1. The van der Waals surface area contributed by atoms with Crippen molar-refractivity contribution in [3.8, 4) is 5.75 Å². The van der Waals surface area contributed by atoms with Crippen LogP contribution in [0.25, 0.3) is 0 Å². The molecular weight excluding hydrogens is 258 g/mol. The molecule has 0 fully saturated rings. The van der Waals surface area contributed by atoms with Crippen molar-refractivity contribution in [3.63, 3.8) is 0 Å². The van der Waals surface area contributed by atoms with Gasteiger partial charge in [-0.1, -0.05) is 39.0 Å². The van der Waals surface area contributed by atoms with E-state index in [1.54, 1.807) is 11.8 Å². The van der Waals surface area contributed by atoms with Gasteiger partial charge in [-0.05, 0) is 11.6 Å². The summed E-state index contributed by atoms with van der Waals surface area (Å²) in [5.41, 5.74) is 1.23. The Morgan fingerprint density at radius 3 is 2.84 bits per heavy atom. The van der Waals surface area contributed by atoms with Crippen molar-refractivity contribution in [2.24, 2.45) is 0 Å². The Balaban J connectivity index is 1.72. The summed E-state index contributed by atoms with van der Waals surface area (Å²) in [6, 6.07) is 8.04. The summed E-state index contributed by atoms with van der Waals surface area (Å²) in [5, 5.41) is 2.95. The Kier molecular flexibility index (Phi) is 4.40. The van der Waals surface area contributed by atoms with E-state index in [0.717, 1.165) is 12.2 Å². The van der Waals surface area contributed by atoms with Crippen molar-refractivity contribution in [2.75, 3.05) is 12.3 Å². The van der Waals surface area contributed by atoms with E-state index in [9.17, 15) is 4.79 Å². The van der Waals surface area contributed by atoms with Crippen molar-refractivity contribution in [3.05, 3.63) is 29.8 Å². The Labute approximate surface area is 119 Å². The number of carbonyl (C=O) groups is 1. The zero-order chi connectivity index (χ0) is 13.9. The number of ether oxygens (including phenoxy) is 1. The molecule has 1 aromatic carbocycles. The van der Waals surface area contributed by atoms with E-state index in [4.69, 9.17) is 4.74 Å². The molecule has 3 nitrogen and oxygen atoms in total. The molecular formula is C15H21NO2S. The molecule has 0 radical (unpaired) electrons. The molecule has 0 aliphatic carbocycles. The summed E-state index contributed by atoms with van der Waals surface area (Å²) in [4.78, 5) is 11.7. The van der Waals surface area contributed by atoms with Crippen molar-refractivity contribution in [2.45, 2.75) is 38.0 Å². The molecule has 4 heteroatoms. The van der Waals surface area contributed by atoms with Gasteiger partial charge < -0.3 is 10.1 Å². The van der Waals surface area contributed by atoms with E-state index >= 15 is 0 Å². The largest absolute Gasteiger partial charge is 0.488 e. The highest BCUT2D eigenvalue weighted by Gasteiger charge is 2.22. The average Bonchev–Trinajstić information content (AvgIpc) is 2.75. The van der Waals surface area contributed by atoms with Gasteiger partial charge in [0.05, 0.1) is 12.3 Å². The van der Waals surface area contributed by atoms with Crippen LogP contribution in [0.5, 0.6) is 5.75 Å². The van der Waals surface area contributed by atoms with Crippen LogP contribution in [0, 0.1) is 0 Å². The number of thioether (sulfide) groups is 1. The van der Waals surface area contributed by atoms with Crippen LogP contribution >= 0.6 is 11.8 Å². The van der Waals surface area contributed by atoms with E-state index in [0.29, 0.717) is 12.3 Å². The van der Waals surface area contributed by atoms with Crippen LogP contribution in [-0.2, 0) is 11.2 Å². The number of rotatable bonds is 4. The highest BCUT2D eigenvalue weighted by atomic mass is 32.2. The van der Waals surface area contributed by atoms with Gasteiger partial charge in [-0.25, -0.2) is 0 Å². The number of hydrogen-bond donors (Lipinski definition) is 1. The van der Waals surface area contributed by atoms with Gasteiger partial charge in [0.2, 0.25) is 5.91 Å². The smallest absolute Gasteiger partial charge is 0.230 e. The summed E-state index contributed by atoms with van der Waals surface area (Å²) in [7, 11) is 0. The first-order chi connectivity index (χ1) is 8.94. The molecule has 1 unspecified atom stereocenters. The lowest BCUT2D eigenvalue weighted by molar-refractivity contribution is -0.118. The van der Waals surface area contributed by atoms with Crippen LogP contribution in [0.15, 0.2) is 24.3 Å². The van der Waals surface area contributed by atoms with Crippen molar-refractivity contribution >= 4 is 17.7 Å². The Morgan fingerprint density at radius 1 is 1.42 bits per heavy atom. The number of para-hydroxylation sites is 1. The Bertz CT molecular complexity index is 429. The van der Waals surface area contributed by atoms with Crippen LogP contribution in [0.1, 0.15) is 26.3 Å². The molecule has 0 bridgehead atoms. The fraction of sp³-hybridized carbons (Fsp3) is 0.533. The number of nitrogens with one attached hydrogen (secondary N) is 1. The number of fused-ring (bicyclic) bond motifs is 1. The molecule has 104 valence electrons. The summed E-state index contributed by atoms with van der Waals surface area (Å²) in [5.74, 6) is 1.54. The van der Waals surface area contributed by atoms with Gasteiger partial charge in [-0.2, -0.15) is 0 Å². The van der Waals surface area contributed by atoms with Gasteiger partial charge in [0.25, 0.3) is 0 Å². The van der Waals surface area contributed by atoms with E-state index in [1.807, 2.05) is 18.2 Å². The maximum absolute atomic E-state index is 11.7. The van der Waals surface area contributed by atoms with Gasteiger partial charge >= 0.3 is 0 Å². The van der Waals surface area contributed by atoms with Gasteiger partial charge in [-0.15, -0.1) is 11.8 Å². The first-order valence-electron chi connectivity index (χ1n) is 6.59. The fourth-order valence-electron chi connectivity index (χ4n) is 1.93. The number of amides is 1. The van der Waals surface area contributed by atoms with Gasteiger partial charge in [-0.3, -0.25) is 4.79 Å². The highest BCUT2D eigenvalue weighted by Crippen LogP contribution is 2.27. The van der Waals surface area contributed by atoms with E-state index in [1.165, 1.54) is 5.56 Å². The molecule has 1 aliphatic heterocycles. The first kappa shape index (κ1) is 14.3. The van der Waals surface area contributed by atoms with Crippen molar-refractivity contribution < 1.29 is 9.53 Å². The minimum Gasteiger partial charge on any atom is -0.488 e. The predicted molar refractivity (Wildman–Crippen MR) is 79.8 cm³/mol. The van der Waals surface area contributed by atoms with Crippen LogP contribution in [-0.4, -0.2) is 29.1 Å². The van der Waals surface area contributed by atoms with E-state index < -0.39 is 0 Å². The number of carbonyl (C=O) groups excluding carboxylic acids is 1. The Morgan fingerprint density at radius 2 is 2.16 bits per heavy atom. The first-order valence-corrected chi connectivity index (χ1v) is 7.58. The second-order valence-electron chi connectivity index (χ2n) is 5.76. The molecule has 1 aromatic rings. The zero-order valence-electron chi connectivity index (χ0n) is 11.7. The van der Waals surface area contributed by atoms with Crippen molar-refractivity contribution in [1.29, 1.82) is 0 Å². The molecule has 0 aromatic heterocycles. The van der Waals surface area contributed by atoms with Gasteiger partial charge in [0.1, 0.15) is 11.9 Å². The molecule has 1 aliphatic rings. The third-order valence-corrected chi connectivity index (χ3v) is 4.15. The third kappa shape index (κ3) is 4.46. The van der Waals surface area contributed by atoms with Crippen LogP contribution < -0.4 is 10.1 Å². The summed E-state index contributed by atoms with van der Waals surface area (Å²) in [6.07, 6.45) is 0.948. The maximum atomic E-state index is 11.7. The topological polar surface area (TPSA) is 38.3 Å². The fourth-order valence-corrected chi connectivity index (χ4v) is 2.59. The van der Waals surface area contributed by atoms with Crippen molar-refractivity contribution in [1.82, 2.24) is 5.32 Å². The molecule has 0 saturated carbocycles. The lowest BCUT2D eigenvalue weighted by Gasteiger charge is -2.17. The van der Waals surface area contributed by atoms with E-state index in [-0.39, 0.29) is 16.8 Å². The SMILES string of the molecule is CC(C)(C)SCC(=O)NCC1Cc2ccccc2O1. The standard InChI is InChI=1S/C15H21NO2S/c1-15(2,3)19-10-14(17)16-9-12-8-11-6-4-5-7-13(11)18-12/h4-7,12H,8-10H2,1-3H3,(H,16,17). The summed E-state index contributed by atoms with van der Waals surface area (Å²) < 4.78 is 5.90. The normalized spacial score (nSPS) is 17.7. The minimum absolute atomic E-state index is 0.0704. The molecule has 1 atom stereocenters. The Hall–Kier alpha value is -1.16. The molecule has 0 spiro atoms. The second kappa shape index (κ2) is 5.87. The molecule has 0 saturated heterocycles. The monoisotopic (exact) mass is 279 g/mol. The number of hydrogen-bond acceptors (Lipinski definition) is 3. The van der Waals surface area contributed by atoms with Gasteiger partial charge in [0, 0.05) is 11.2 Å². The molecule has 2 rings (SSSR count). The third-order valence-electron chi connectivity index (χ3n) is 2.88. The van der Waals surface area contributed by atoms with Crippen LogP contribution in [0.2, 0.25) is 0 Å². The maximum Gasteiger partial charge on any atom is 0.230 e. The average molecular weight is 279 g/mol. The van der Waals surface area contributed by atoms with Gasteiger partial charge in [0.15, 0.2) is 0 Å². The molecule has 19 heavy (non-hydrogen) atoms. The lowest BCUT2D eigenvalue weighted by Crippen LogP contribution is -2.36.